The maximum atomic E-state index is 11.2. The van der Waals surface area contributed by atoms with Crippen molar-refractivity contribution in [1.82, 2.24) is 0 Å². The first kappa shape index (κ1) is 13.6. The Kier molecular flexibility index (Phi) is 4.84. The summed E-state index contributed by atoms with van der Waals surface area (Å²) in [7, 11) is 0. The molecule has 0 heterocycles. The van der Waals surface area contributed by atoms with Crippen LogP contribution >= 0.6 is 23.4 Å². The highest BCUT2D eigenvalue weighted by Crippen LogP contribution is 2.29. The number of halogens is 1. The van der Waals surface area contributed by atoms with Gasteiger partial charge in [-0.25, -0.2) is 0 Å². The molecule has 2 atom stereocenters. The van der Waals surface area contributed by atoms with Crippen LogP contribution in [-0.2, 0) is 0 Å². The molecular formula is C12H15ClO2S. The van der Waals surface area contributed by atoms with Crippen molar-refractivity contribution in [3.05, 3.63) is 28.8 Å². The standard InChI is InChI=1S/C12H15ClO2S/c1-7(14)9(3)16-10-4-5-11(8(2)15)12(13)6-10/h4-7,9,14H,1-3H3. The SMILES string of the molecule is CC(=O)c1ccc(SC(C)C(C)O)cc1Cl. The van der Waals surface area contributed by atoms with Crippen LogP contribution in [0.1, 0.15) is 31.1 Å². The van der Waals surface area contributed by atoms with E-state index in [1.54, 1.807) is 30.8 Å². The number of aliphatic hydroxyl groups is 1. The van der Waals surface area contributed by atoms with Gasteiger partial charge in [0.15, 0.2) is 5.78 Å². The third kappa shape index (κ3) is 3.51. The lowest BCUT2D eigenvalue weighted by Gasteiger charge is -2.14. The Bertz CT molecular complexity index is 391. The van der Waals surface area contributed by atoms with Crippen molar-refractivity contribution >= 4 is 29.1 Å². The van der Waals surface area contributed by atoms with E-state index in [-0.39, 0.29) is 17.1 Å². The van der Waals surface area contributed by atoms with Crippen molar-refractivity contribution < 1.29 is 9.90 Å². The highest BCUT2D eigenvalue weighted by Gasteiger charge is 2.12. The molecule has 1 rings (SSSR count). The summed E-state index contributed by atoms with van der Waals surface area (Å²) >= 11 is 7.53. The van der Waals surface area contributed by atoms with E-state index in [1.807, 2.05) is 13.0 Å². The quantitative estimate of drug-likeness (QED) is 0.664. The van der Waals surface area contributed by atoms with E-state index in [4.69, 9.17) is 11.6 Å². The summed E-state index contributed by atoms with van der Waals surface area (Å²) in [6.45, 7) is 5.19. The van der Waals surface area contributed by atoms with Gasteiger partial charge < -0.3 is 5.11 Å². The van der Waals surface area contributed by atoms with Gasteiger partial charge in [-0.1, -0.05) is 18.5 Å². The summed E-state index contributed by atoms with van der Waals surface area (Å²) in [4.78, 5) is 12.1. The fourth-order valence-electron chi connectivity index (χ4n) is 1.17. The fourth-order valence-corrected chi connectivity index (χ4v) is 2.50. The molecule has 1 aromatic rings. The molecule has 0 fully saturated rings. The van der Waals surface area contributed by atoms with Gasteiger partial charge in [0.25, 0.3) is 0 Å². The second-order valence-corrected chi connectivity index (χ2v) is 5.62. The topological polar surface area (TPSA) is 37.3 Å². The lowest BCUT2D eigenvalue weighted by Crippen LogP contribution is -2.14. The molecular weight excluding hydrogens is 244 g/mol. The lowest BCUT2D eigenvalue weighted by molar-refractivity contribution is 0.101. The zero-order chi connectivity index (χ0) is 12.3. The summed E-state index contributed by atoms with van der Waals surface area (Å²) in [5, 5.41) is 9.95. The van der Waals surface area contributed by atoms with Crippen molar-refractivity contribution in [3.8, 4) is 0 Å². The van der Waals surface area contributed by atoms with E-state index in [1.165, 1.54) is 6.92 Å². The predicted molar refractivity (Wildman–Crippen MR) is 68.5 cm³/mol. The Hall–Kier alpha value is -0.510. The summed E-state index contributed by atoms with van der Waals surface area (Å²) < 4.78 is 0. The summed E-state index contributed by atoms with van der Waals surface area (Å²) in [5.41, 5.74) is 0.538. The van der Waals surface area contributed by atoms with Crippen LogP contribution in [0.5, 0.6) is 0 Å². The first-order chi connectivity index (χ1) is 7.41. The van der Waals surface area contributed by atoms with Crippen LogP contribution in [0.3, 0.4) is 0 Å². The molecule has 0 aliphatic heterocycles. The Balaban J connectivity index is 2.85. The highest BCUT2D eigenvalue weighted by molar-refractivity contribution is 8.00. The molecule has 0 saturated heterocycles. The molecule has 0 bridgehead atoms. The third-order valence-corrected chi connectivity index (χ3v) is 3.93. The van der Waals surface area contributed by atoms with Gasteiger partial charge in [0.1, 0.15) is 0 Å². The van der Waals surface area contributed by atoms with E-state index >= 15 is 0 Å². The average Bonchev–Trinajstić information content (AvgIpc) is 2.16. The second-order valence-electron chi connectivity index (χ2n) is 3.76. The van der Waals surface area contributed by atoms with Gasteiger partial charge in [-0.3, -0.25) is 4.79 Å². The van der Waals surface area contributed by atoms with Crippen molar-refractivity contribution in [2.24, 2.45) is 0 Å². The molecule has 1 aromatic carbocycles. The van der Waals surface area contributed by atoms with Crippen LogP contribution in [0.15, 0.2) is 23.1 Å². The molecule has 2 nitrogen and oxygen atoms in total. The fraction of sp³-hybridized carbons (Fsp3) is 0.417. The van der Waals surface area contributed by atoms with Crippen LogP contribution in [0.4, 0.5) is 0 Å². The van der Waals surface area contributed by atoms with E-state index in [0.717, 1.165) is 4.90 Å². The second kappa shape index (κ2) is 5.71. The third-order valence-electron chi connectivity index (χ3n) is 2.32. The Morgan fingerprint density at radius 3 is 2.50 bits per heavy atom. The first-order valence-corrected chi connectivity index (χ1v) is 6.32. The molecule has 88 valence electrons. The van der Waals surface area contributed by atoms with E-state index in [9.17, 15) is 9.90 Å². The van der Waals surface area contributed by atoms with Crippen LogP contribution in [0.25, 0.3) is 0 Å². The molecule has 0 aromatic heterocycles. The molecule has 4 heteroatoms. The zero-order valence-corrected chi connectivity index (χ0v) is 11.1. The number of thioether (sulfide) groups is 1. The van der Waals surface area contributed by atoms with E-state index < -0.39 is 0 Å². The summed E-state index contributed by atoms with van der Waals surface area (Å²) in [5.74, 6) is -0.0369. The number of hydrogen-bond acceptors (Lipinski definition) is 3. The van der Waals surface area contributed by atoms with Crippen molar-refractivity contribution in [3.63, 3.8) is 0 Å². The summed E-state index contributed by atoms with van der Waals surface area (Å²) in [6.07, 6.45) is -0.378. The molecule has 1 N–H and O–H groups in total. The Labute approximate surface area is 105 Å². The largest absolute Gasteiger partial charge is 0.392 e. The highest BCUT2D eigenvalue weighted by atomic mass is 35.5. The van der Waals surface area contributed by atoms with Gasteiger partial charge in [0, 0.05) is 15.7 Å². The average molecular weight is 259 g/mol. The van der Waals surface area contributed by atoms with Gasteiger partial charge in [-0.05, 0) is 32.0 Å². The smallest absolute Gasteiger partial charge is 0.161 e. The Morgan fingerprint density at radius 1 is 1.44 bits per heavy atom. The molecule has 0 spiro atoms. The van der Waals surface area contributed by atoms with Gasteiger partial charge in [0.2, 0.25) is 0 Å². The van der Waals surface area contributed by atoms with Crippen molar-refractivity contribution in [2.75, 3.05) is 0 Å². The minimum Gasteiger partial charge on any atom is -0.392 e. The van der Waals surface area contributed by atoms with E-state index in [2.05, 4.69) is 0 Å². The van der Waals surface area contributed by atoms with Gasteiger partial charge in [-0.15, -0.1) is 11.8 Å². The molecule has 16 heavy (non-hydrogen) atoms. The normalized spacial score (nSPS) is 14.6. The Morgan fingerprint density at radius 2 is 2.06 bits per heavy atom. The molecule has 2 unspecified atom stereocenters. The molecule has 0 aliphatic rings. The van der Waals surface area contributed by atoms with Gasteiger partial charge in [-0.2, -0.15) is 0 Å². The lowest BCUT2D eigenvalue weighted by atomic mass is 10.1. The number of carbonyl (C=O) groups excluding carboxylic acids is 1. The zero-order valence-electron chi connectivity index (χ0n) is 9.53. The maximum Gasteiger partial charge on any atom is 0.161 e. The number of carbonyl (C=O) groups is 1. The number of aliphatic hydroxyl groups excluding tert-OH is 1. The van der Waals surface area contributed by atoms with Gasteiger partial charge in [0.05, 0.1) is 11.1 Å². The number of rotatable bonds is 4. The van der Waals surface area contributed by atoms with Crippen molar-refractivity contribution in [1.29, 1.82) is 0 Å². The molecule has 0 amide bonds. The molecule has 0 radical (unpaired) electrons. The number of hydrogen-bond donors (Lipinski definition) is 1. The number of ketones is 1. The first-order valence-electron chi connectivity index (χ1n) is 5.07. The van der Waals surface area contributed by atoms with E-state index in [0.29, 0.717) is 10.6 Å². The molecule has 0 saturated carbocycles. The maximum absolute atomic E-state index is 11.2. The number of Topliss-reactive ketones (excluding diaryl/α,β-unsaturated/α-hetero) is 1. The van der Waals surface area contributed by atoms with Crippen LogP contribution in [0, 0.1) is 0 Å². The van der Waals surface area contributed by atoms with Crippen LogP contribution < -0.4 is 0 Å². The van der Waals surface area contributed by atoms with Crippen LogP contribution in [0.2, 0.25) is 5.02 Å². The monoisotopic (exact) mass is 258 g/mol. The van der Waals surface area contributed by atoms with Gasteiger partial charge >= 0.3 is 0 Å². The van der Waals surface area contributed by atoms with Crippen molar-refractivity contribution in [2.45, 2.75) is 37.0 Å². The minimum atomic E-state index is -0.378. The molecule has 0 aliphatic carbocycles. The van der Waals surface area contributed by atoms with Crippen LogP contribution in [-0.4, -0.2) is 22.2 Å². The number of benzene rings is 1. The summed E-state index contributed by atoms with van der Waals surface area (Å²) in [6, 6.07) is 5.34. The predicted octanol–water partition coefficient (Wildman–Crippen LogP) is 3.40. The minimum absolute atomic E-state index is 0.0369.